The van der Waals surface area contributed by atoms with Crippen LogP contribution in [0.1, 0.15) is 224 Å². The highest BCUT2D eigenvalue weighted by Crippen LogP contribution is 2.34. The van der Waals surface area contributed by atoms with Crippen molar-refractivity contribution in [1.29, 1.82) is 0 Å². The summed E-state index contributed by atoms with van der Waals surface area (Å²) in [4.78, 5) is 0. The molecule has 448 valence electrons. The molecule has 18 atom stereocenters. The highest BCUT2D eigenvalue weighted by molar-refractivity contribution is 7.80. The molecule has 0 aromatic rings. The molecule has 0 saturated carbocycles. The van der Waals surface area contributed by atoms with E-state index in [1.165, 1.54) is 89.9 Å². The minimum atomic E-state index is -4.97. The molecular formula is C58H114O16S. The van der Waals surface area contributed by atoms with Crippen LogP contribution in [-0.2, 0) is 47.7 Å². The van der Waals surface area contributed by atoms with Crippen LogP contribution < -0.4 is 0 Å². The number of aliphatic hydroxyl groups excluding tert-OH is 5. The Bertz CT molecular complexity index is 1510. The summed E-state index contributed by atoms with van der Waals surface area (Å²) < 4.78 is 80.1. The Balaban J connectivity index is 2.11. The van der Waals surface area contributed by atoms with Crippen LogP contribution in [0.5, 0.6) is 0 Å². The first-order valence-corrected chi connectivity index (χ1v) is 31.3. The van der Waals surface area contributed by atoms with Crippen molar-refractivity contribution in [3.05, 3.63) is 0 Å². The molecule has 2 rings (SSSR count). The highest BCUT2D eigenvalue weighted by Gasteiger charge is 2.53. The summed E-state index contributed by atoms with van der Waals surface area (Å²) in [7, 11) is -4.97. The minimum Gasteiger partial charge on any atom is -0.394 e. The lowest BCUT2D eigenvalue weighted by molar-refractivity contribution is -0.381. The molecule has 0 amide bonds. The van der Waals surface area contributed by atoms with Crippen LogP contribution in [-0.4, -0.2) is 139 Å². The van der Waals surface area contributed by atoms with Crippen molar-refractivity contribution in [2.45, 2.75) is 298 Å². The Morgan fingerprint density at radius 2 is 0.840 bits per heavy atom. The number of rotatable bonds is 44. The van der Waals surface area contributed by atoms with Gasteiger partial charge in [0.1, 0.15) is 48.8 Å². The molecule has 0 spiro atoms. The van der Waals surface area contributed by atoms with Gasteiger partial charge in [0.25, 0.3) is 0 Å². The van der Waals surface area contributed by atoms with E-state index in [9.17, 15) is 38.5 Å². The van der Waals surface area contributed by atoms with E-state index in [2.05, 4.69) is 73.4 Å². The summed E-state index contributed by atoms with van der Waals surface area (Å²) in [6.45, 7) is 26.1. The zero-order chi connectivity index (χ0) is 56.1. The standard InChI is InChI=1S/C58H114O16S/c1-13-49(67-35-33-45(11)31-19-29-43(9)27-17-25-41(7)23-15-21-39(3)4)72-55-54(74-58-53(62)52(61)51(60)48(71-58)38-69-75(64,65)66)47(37-59)70-57(63)56(55)73-50(14-2)68-36-34-46(12)32-20-30-44(10)28-18-26-42(8)24-16-22-40(5)6/h39-63H,13-38H2,1-12H3,(H,64,65,66)/t41-,42-,43-,44-,45-,46-,47-,48?,49?,50?,51?,52?,53?,54+,55-,56-,57-,58?/m1/s1. The lowest BCUT2D eigenvalue weighted by Gasteiger charge is -2.48. The Morgan fingerprint density at radius 1 is 0.467 bits per heavy atom. The molecule has 0 aromatic heterocycles. The Hall–Kier alpha value is -0.610. The van der Waals surface area contributed by atoms with E-state index < -0.39 is 97.6 Å². The van der Waals surface area contributed by atoms with Crippen LogP contribution >= 0.6 is 0 Å². The van der Waals surface area contributed by atoms with Gasteiger partial charge in [0, 0.05) is 13.2 Å². The molecule has 0 aromatic carbocycles. The Kier molecular flexibility index (Phi) is 36.6. The maximum atomic E-state index is 11.5. The average Bonchev–Trinajstić information content (AvgIpc) is 3.33. The van der Waals surface area contributed by atoms with Gasteiger partial charge in [-0.2, -0.15) is 8.42 Å². The van der Waals surface area contributed by atoms with Gasteiger partial charge in [-0.15, -0.1) is 0 Å². The van der Waals surface area contributed by atoms with E-state index in [0.29, 0.717) is 49.7 Å². The quantitative estimate of drug-likeness (QED) is 0.0246. The second-order valence-electron chi connectivity index (χ2n) is 24.3. The number of hydrogen-bond donors (Lipinski definition) is 6. The molecule has 2 aliphatic rings. The van der Waals surface area contributed by atoms with Crippen molar-refractivity contribution in [2.75, 3.05) is 26.4 Å². The van der Waals surface area contributed by atoms with Crippen LogP contribution in [0, 0.1) is 47.3 Å². The monoisotopic (exact) mass is 1100 g/mol. The summed E-state index contributed by atoms with van der Waals surface area (Å²) >= 11 is 0. The molecule has 2 fully saturated rings. The highest BCUT2D eigenvalue weighted by atomic mass is 32.3. The van der Waals surface area contributed by atoms with Crippen LogP contribution in [0.3, 0.4) is 0 Å². The van der Waals surface area contributed by atoms with E-state index in [0.717, 1.165) is 62.2 Å². The van der Waals surface area contributed by atoms with Crippen molar-refractivity contribution in [3.8, 4) is 0 Å². The van der Waals surface area contributed by atoms with Gasteiger partial charge >= 0.3 is 10.4 Å². The largest absolute Gasteiger partial charge is 0.397 e. The van der Waals surface area contributed by atoms with Gasteiger partial charge in [0.05, 0.1) is 13.2 Å². The summed E-state index contributed by atoms with van der Waals surface area (Å²) in [5, 5.41) is 54.7. The Morgan fingerprint density at radius 3 is 1.20 bits per heavy atom. The average molecular weight is 1100 g/mol. The second kappa shape index (κ2) is 38.9. The van der Waals surface area contributed by atoms with E-state index in [4.69, 9.17) is 33.2 Å². The van der Waals surface area contributed by atoms with E-state index in [-0.39, 0.29) is 0 Å². The van der Waals surface area contributed by atoms with E-state index >= 15 is 0 Å². The summed E-state index contributed by atoms with van der Waals surface area (Å²) in [5.74, 6) is 5.33. The van der Waals surface area contributed by atoms with Crippen LogP contribution in [0.4, 0.5) is 0 Å². The van der Waals surface area contributed by atoms with Gasteiger partial charge in [0.2, 0.25) is 0 Å². The fraction of sp³-hybridized carbons (Fsp3) is 1.00. The smallest absolute Gasteiger partial charge is 0.394 e. The van der Waals surface area contributed by atoms with Crippen LogP contribution in [0.15, 0.2) is 0 Å². The molecule has 16 nitrogen and oxygen atoms in total. The van der Waals surface area contributed by atoms with Gasteiger partial charge < -0.3 is 58.7 Å². The lowest BCUT2D eigenvalue weighted by Crippen LogP contribution is -2.66. The third-order valence-electron chi connectivity index (χ3n) is 15.8. The van der Waals surface area contributed by atoms with Gasteiger partial charge in [-0.3, -0.25) is 4.55 Å². The fourth-order valence-corrected chi connectivity index (χ4v) is 10.8. The SMILES string of the molecule is CCC(OCC[C@H](C)CCC[C@H](C)CCC[C@H](C)CCCC(C)C)O[C@H]1[C@@H](OC(CC)OCC[C@H](C)CCC[C@H](C)CCC[C@H](C)CCCC(C)C)[C@H](O)O[C@H](CO)[C@@H]1OC1OC(COS(=O)(=O)O)C(O)C(O)C1O. The minimum absolute atomic E-state index is 0.379. The first-order chi connectivity index (χ1) is 35.5. The van der Waals surface area contributed by atoms with E-state index in [1.807, 2.05) is 13.8 Å². The zero-order valence-corrected chi connectivity index (χ0v) is 49.9. The molecule has 0 radical (unpaired) electrons. The predicted molar refractivity (Wildman–Crippen MR) is 294 cm³/mol. The molecule has 2 heterocycles. The van der Waals surface area contributed by atoms with Crippen LogP contribution in [0.2, 0.25) is 0 Å². The van der Waals surface area contributed by atoms with Gasteiger partial charge in [-0.05, 0) is 73.0 Å². The third-order valence-corrected chi connectivity index (χ3v) is 16.2. The normalized spacial score (nSPS) is 28.1. The molecule has 2 saturated heterocycles. The van der Waals surface area contributed by atoms with E-state index in [1.54, 1.807) is 0 Å². The molecule has 17 heteroatoms. The van der Waals surface area contributed by atoms with Crippen molar-refractivity contribution in [1.82, 2.24) is 0 Å². The molecule has 0 aliphatic carbocycles. The number of hydrogen-bond acceptors (Lipinski definition) is 15. The summed E-state index contributed by atoms with van der Waals surface area (Å²) in [6, 6.07) is 0. The maximum Gasteiger partial charge on any atom is 0.397 e. The molecule has 75 heavy (non-hydrogen) atoms. The van der Waals surface area contributed by atoms with Crippen molar-refractivity contribution >= 4 is 10.4 Å². The Labute approximate surface area is 456 Å². The van der Waals surface area contributed by atoms with Crippen molar-refractivity contribution in [3.63, 3.8) is 0 Å². The fourth-order valence-electron chi connectivity index (χ4n) is 10.5. The zero-order valence-electron chi connectivity index (χ0n) is 49.1. The van der Waals surface area contributed by atoms with Gasteiger partial charge in [-0.25, -0.2) is 4.18 Å². The first-order valence-electron chi connectivity index (χ1n) is 29.9. The predicted octanol–water partition coefficient (Wildman–Crippen LogP) is 10.9. The number of ether oxygens (including phenoxy) is 7. The molecular weight excluding hydrogens is 985 g/mol. The molecule has 6 N–H and O–H groups in total. The lowest BCUT2D eigenvalue weighted by atomic mass is 9.91. The maximum absolute atomic E-state index is 11.5. The van der Waals surface area contributed by atoms with Gasteiger partial charge in [-0.1, -0.05) is 199 Å². The van der Waals surface area contributed by atoms with Crippen molar-refractivity contribution < 1.29 is 75.8 Å². The summed E-state index contributed by atoms with van der Waals surface area (Å²) in [6.07, 6.45) is 7.35. The van der Waals surface area contributed by atoms with Crippen molar-refractivity contribution in [2.24, 2.45) is 47.3 Å². The molecule has 2 aliphatic heterocycles. The summed E-state index contributed by atoms with van der Waals surface area (Å²) in [5.41, 5.74) is 0. The first kappa shape index (κ1) is 70.5. The third kappa shape index (κ3) is 30.1. The number of aliphatic hydroxyl groups is 5. The topological polar surface area (TPSA) is 229 Å². The van der Waals surface area contributed by atoms with Crippen LogP contribution in [0.25, 0.3) is 0 Å². The molecule has 7 unspecified atom stereocenters. The van der Waals surface area contributed by atoms with Gasteiger partial charge in [0.15, 0.2) is 25.2 Å². The second-order valence-corrected chi connectivity index (χ2v) is 25.4. The molecule has 0 bridgehead atoms.